The Hall–Kier alpha value is -2.36. The molecule has 0 saturated heterocycles. The molecule has 1 aromatic rings. The van der Waals surface area contributed by atoms with Crippen LogP contribution in [0.4, 0.5) is 4.79 Å². The third kappa shape index (κ3) is 3.31. The topological polar surface area (TPSA) is 46.6 Å². The van der Waals surface area contributed by atoms with E-state index < -0.39 is 6.09 Å². The van der Waals surface area contributed by atoms with E-state index in [4.69, 9.17) is 4.74 Å². The van der Waals surface area contributed by atoms with Crippen molar-refractivity contribution in [3.8, 4) is 0 Å². The zero-order valence-electron chi connectivity index (χ0n) is 10.5. The highest BCUT2D eigenvalue weighted by Crippen LogP contribution is 2.15. The van der Waals surface area contributed by atoms with Crippen LogP contribution in [0.5, 0.6) is 0 Å². The quantitative estimate of drug-likeness (QED) is 0.782. The molecule has 1 aliphatic rings. The molecule has 98 valence electrons. The Morgan fingerprint density at radius 1 is 1.42 bits per heavy atom. The van der Waals surface area contributed by atoms with Crippen molar-refractivity contribution in [1.82, 2.24) is 4.90 Å². The standard InChI is InChI=1S/C15H15NO3/c1-2-13-10-14(17)8-9-16(13)15(18)19-11-12-6-4-3-5-7-12/h2-9,13H,1,10-11H2/t13-/m1/s1. The number of hydrogen-bond donors (Lipinski definition) is 0. The number of rotatable bonds is 3. The van der Waals surface area contributed by atoms with Gasteiger partial charge in [0.2, 0.25) is 0 Å². The lowest BCUT2D eigenvalue weighted by molar-refractivity contribution is -0.115. The van der Waals surface area contributed by atoms with Crippen molar-refractivity contribution in [2.24, 2.45) is 0 Å². The first-order chi connectivity index (χ1) is 9.20. The molecule has 1 heterocycles. The van der Waals surface area contributed by atoms with Crippen LogP contribution in [0.25, 0.3) is 0 Å². The zero-order chi connectivity index (χ0) is 13.7. The summed E-state index contributed by atoms with van der Waals surface area (Å²) in [6, 6.07) is 9.10. The molecule has 19 heavy (non-hydrogen) atoms. The van der Waals surface area contributed by atoms with E-state index in [1.54, 1.807) is 6.08 Å². The maximum atomic E-state index is 11.9. The third-order valence-electron chi connectivity index (χ3n) is 2.88. The van der Waals surface area contributed by atoms with Crippen LogP contribution >= 0.6 is 0 Å². The van der Waals surface area contributed by atoms with Gasteiger partial charge in [0.05, 0.1) is 6.04 Å². The first-order valence-corrected chi connectivity index (χ1v) is 6.03. The van der Waals surface area contributed by atoms with Crippen molar-refractivity contribution < 1.29 is 14.3 Å². The highest BCUT2D eigenvalue weighted by atomic mass is 16.6. The minimum atomic E-state index is -0.475. The molecule has 0 N–H and O–H groups in total. The van der Waals surface area contributed by atoms with Crippen LogP contribution in [-0.4, -0.2) is 22.8 Å². The Morgan fingerprint density at radius 2 is 2.16 bits per heavy atom. The number of nitrogens with zero attached hydrogens (tertiary/aromatic N) is 1. The molecule has 0 spiro atoms. The van der Waals surface area contributed by atoms with Crippen LogP contribution in [0.15, 0.2) is 55.3 Å². The van der Waals surface area contributed by atoms with E-state index >= 15 is 0 Å². The van der Waals surface area contributed by atoms with Gasteiger partial charge in [-0.3, -0.25) is 9.69 Å². The van der Waals surface area contributed by atoms with Crippen molar-refractivity contribution in [3.05, 3.63) is 60.8 Å². The van der Waals surface area contributed by atoms with E-state index in [-0.39, 0.29) is 24.9 Å². The Labute approximate surface area is 112 Å². The highest BCUT2D eigenvalue weighted by molar-refractivity contribution is 5.92. The number of allylic oxidation sites excluding steroid dienone is 1. The summed E-state index contributed by atoms with van der Waals surface area (Å²) in [4.78, 5) is 24.6. The number of carbonyl (C=O) groups excluding carboxylic acids is 2. The van der Waals surface area contributed by atoms with E-state index in [2.05, 4.69) is 6.58 Å². The van der Waals surface area contributed by atoms with Crippen molar-refractivity contribution >= 4 is 11.9 Å². The number of carbonyl (C=O) groups is 2. The predicted molar refractivity (Wildman–Crippen MR) is 71.2 cm³/mol. The van der Waals surface area contributed by atoms with Crippen molar-refractivity contribution in [2.75, 3.05) is 0 Å². The first kappa shape index (κ1) is 13.1. The summed E-state index contributed by atoms with van der Waals surface area (Å²) in [5.41, 5.74) is 0.920. The molecule has 1 aliphatic heterocycles. The fraction of sp³-hybridized carbons (Fsp3) is 0.200. The molecule has 1 atom stereocenters. The van der Waals surface area contributed by atoms with E-state index in [0.717, 1.165) is 5.56 Å². The Morgan fingerprint density at radius 3 is 2.84 bits per heavy atom. The van der Waals surface area contributed by atoms with Gasteiger partial charge in [-0.1, -0.05) is 36.4 Å². The molecular formula is C15H15NO3. The monoisotopic (exact) mass is 257 g/mol. The fourth-order valence-electron chi connectivity index (χ4n) is 1.83. The van der Waals surface area contributed by atoms with E-state index in [0.29, 0.717) is 0 Å². The van der Waals surface area contributed by atoms with Crippen LogP contribution < -0.4 is 0 Å². The SMILES string of the molecule is C=C[C@@H]1CC(=O)C=CN1C(=O)OCc1ccccc1. The second-order valence-electron chi connectivity index (χ2n) is 4.24. The van der Waals surface area contributed by atoms with Gasteiger partial charge in [-0.25, -0.2) is 4.79 Å². The molecule has 4 nitrogen and oxygen atoms in total. The molecular weight excluding hydrogens is 242 g/mol. The molecule has 2 rings (SSSR count). The van der Waals surface area contributed by atoms with Crippen LogP contribution in [0.2, 0.25) is 0 Å². The lowest BCUT2D eigenvalue weighted by Gasteiger charge is -2.27. The number of amides is 1. The summed E-state index contributed by atoms with van der Waals surface area (Å²) in [6.45, 7) is 3.84. The zero-order valence-corrected chi connectivity index (χ0v) is 10.5. The van der Waals surface area contributed by atoms with Crippen molar-refractivity contribution in [1.29, 1.82) is 0 Å². The van der Waals surface area contributed by atoms with Gasteiger partial charge in [-0.15, -0.1) is 6.58 Å². The Kier molecular flexibility index (Phi) is 4.13. The highest BCUT2D eigenvalue weighted by Gasteiger charge is 2.25. The van der Waals surface area contributed by atoms with Crippen LogP contribution in [0, 0.1) is 0 Å². The van der Waals surface area contributed by atoms with Crippen LogP contribution in [-0.2, 0) is 16.1 Å². The summed E-state index contributed by atoms with van der Waals surface area (Å²) in [5, 5.41) is 0. The van der Waals surface area contributed by atoms with Gasteiger partial charge in [0, 0.05) is 12.6 Å². The number of hydrogen-bond acceptors (Lipinski definition) is 3. The van der Waals surface area contributed by atoms with Gasteiger partial charge in [-0.2, -0.15) is 0 Å². The van der Waals surface area contributed by atoms with Crippen molar-refractivity contribution in [2.45, 2.75) is 19.1 Å². The van der Waals surface area contributed by atoms with Crippen LogP contribution in [0.3, 0.4) is 0 Å². The fourth-order valence-corrected chi connectivity index (χ4v) is 1.83. The molecule has 1 amide bonds. The first-order valence-electron chi connectivity index (χ1n) is 6.03. The van der Waals surface area contributed by atoms with E-state index in [9.17, 15) is 9.59 Å². The maximum Gasteiger partial charge on any atom is 0.414 e. The molecule has 0 radical (unpaired) electrons. The van der Waals surface area contributed by atoms with Crippen LogP contribution in [0.1, 0.15) is 12.0 Å². The van der Waals surface area contributed by atoms with E-state index in [1.807, 2.05) is 30.3 Å². The average molecular weight is 257 g/mol. The molecule has 4 heteroatoms. The smallest absolute Gasteiger partial charge is 0.414 e. The molecule has 1 aromatic carbocycles. The molecule has 0 saturated carbocycles. The lowest BCUT2D eigenvalue weighted by atomic mass is 10.1. The molecule has 0 aliphatic carbocycles. The van der Waals surface area contributed by atoms with Gasteiger partial charge < -0.3 is 4.74 Å². The van der Waals surface area contributed by atoms with Crippen molar-refractivity contribution in [3.63, 3.8) is 0 Å². The summed E-state index contributed by atoms with van der Waals surface area (Å²) in [7, 11) is 0. The second-order valence-corrected chi connectivity index (χ2v) is 4.24. The molecule has 0 bridgehead atoms. The Balaban J connectivity index is 1.97. The number of ether oxygens (including phenoxy) is 1. The Bertz CT molecular complexity index is 507. The van der Waals surface area contributed by atoms with Gasteiger partial charge in [-0.05, 0) is 11.6 Å². The summed E-state index contributed by atoms with van der Waals surface area (Å²) < 4.78 is 5.21. The third-order valence-corrected chi connectivity index (χ3v) is 2.88. The minimum absolute atomic E-state index is 0.0167. The van der Waals surface area contributed by atoms with Gasteiger partial charge in [0.25, 0.3) is 0 Å². The van der Waals surface area contributed by atoms with Gasteiger partial charge >= 0.3 is 6.09 Å². The predicted octanol–water partition coefficient (Wildman–Crippen LogP) is 2.67. The number of ketones is 1. The normalized spacial score (nSPS) is 18.2. The lowest BCUT2D eigenvalue weighted by Crippen LogP contribution is -2.39. The number of benzene rings is 1. The van der Waals surface area contributed by atoms with Gasteiger partial charge in [0.1, 0.15) is 6.61 Å². The average Bonchev–Trinajstić information content (AvgIpc) is 2.45. The second kappa shape index (κ2) is 6.00. The molecule has 0 fully saturated rings. The largest absolute Gasteiger partial charge is 0.444 e. The minimum Gasteiger partial charge on any atom is -0.444 e. The maximum absolute atomic E-state index is 11.9. The molecule has 0 aromatic heterocycles. The summed E-state index contributed by atoms with van der Waals surface area (Å²) in [6.07, 6.45) is 4.18. The summed E-state index contributed by atoms with van der Waals surface area (Å²) in [5.74, 6) is -0.0167. The summed E-state index contributed by atoms with van der Waals surface area (Å²) >= 11 is 0. The van der Waals surface area contributed by atoms with Gasteiger partial charge in [0.15, 0.2) is 5.78 Å². The molecule has 0 unspecified atom stereocenters. The van der Waals surface area contributed by atoms with E-state index in [1.165, 1.54) is 17.2 Å².